The molecule has 2 unspecified atom stereocenters. The van der Waals surface area contributed by atoms with Crippen LogP contribution in [0.1, 0.15) is 24.0 Å². The molecule has 0 aromatic heterocycles. The van der Waals surface area contributed by atoms with E-state index >= 15 is 0 Å². The lowest BCUT2D eigenvalue weighted by Gasteiger charge is -2.36. The van der Waals surface area contributed by atoms with Crippen molar-refractivity contribution in [2.45, 2.75) is 24.9 Å². The summed E-state index contributed by atoms with van der Waals surface area (Å²) in [6.45, 7) is 4.30. The number of nitrogens with one attached hydrogen (secondary N) is 2. The van der Waals surface area contributed by atoms with Crippen molar-refractivity contribution in [1.82, 2.24) is 10.6 Å². The molecule has 2 aromatic carbocycles. The lowest BCUT2D eigenvalue weighted by Crippen LogP contribution is -2.55. The van der Waals surface area contributed by atoms with Gasteiger partial charge in [-0.05, 0) is 18.1 Å². The molecule has 1 heterocycles. The van der Waals surface area contributed by atoms with E-state index in [-0.39, 0.29) is 0 Å². The molecule has 0 amide bonds. The smallest absolute Gasteiger partial charge is 0.0304 e. The molecule has 2 atom stereocenters. The second kappa shape index (κ2) is 6.21. The zero-order chi connectivity index (χ0) is 13.8. The predicted molar refractivity (Wildman–Crippen MR) is 84.0 cm³/mol. The van der Waals surface area contributed by atoms with Gasteiger partial charge in [0.2, 0.25) is 0 Å². The van der Waals surface area contributed by atoms with Crippen LogP contribution in [0.3, 0.4) is 0 Å². The molecule has 1 fully saturated rings. The van der Waals surface area contributed by atoms with E-state index in [1.54, 1.807) is 0 Å². The summed E-state index contributed by atoms with van der Waals surface area (Å²) in [5.74, 6) is 0.396. The molecule has 1 aliphatic heterocycles. The third kappa shape index (κ3) is 2.92. The summed E-state index contributed by atoms with van der Waals surface area (Å²) in [6, 6.07) is 22.6. The first-order chi connectivity index (χ1) is 9.84. The highest BCUT2D eigenvalue weighted by Crippen LogP contribution is 2.28. The summed E-state index contributed by atoms with van der Waals surface area (Å²) in [5.41, 5.74) is 2.76. The van der Waals surface area contributed by atoms with Crippen molar-refractivity contribution in [3.8, 4) is 0 Å². The van der Waals surface area contributed by atoms with Gasteiger partial charge in [0.25, 0.3) is 0 Å². The van der Waals surface area contributed by atoms with Gasteiger partial charge >= 0.3 is 0 Å². The molecule has 20 heavy (non-hydrogen) atoms. The van der Waals surface area contributed by atoms with E-state index in [1.807, 2.05) is 0 Å². The van der Waals surface area contributed by atoms with Gasteiger partial charge in [-0.3, -0.25) is 0 Å². The van der Waals surface area contributed by atoms with E-state index in [1.165, 1.54) is 11.1 Å². The largest absolute Gasteiger partial charge is 0.314 e. The van der Waals surface area contributed by atoms with Crippen LogP contribution in [0.4, 0.5) is 0 Å². The van der Waals surface area contributed by atoms with Crippen molar-refractivity contribution < 1.29 is 0 Å². The Hall–Kier alpha value is -1.64. The third-order valence-electron chi connectivity index (χ3n) is 4.03. The summed E-state index contributed by atoms with van der Waals surface area (Å²) in [7, 11) is 0. The molecule has 0 aliphatic carbocycles. The van der Waals surface area contributed by atoms with Crippen LogP contribution in [0.25, 0.3) is 0 Å². The van der Waals surface area contributed by atoms with Crippen LogP contribution in [-0.4, -0.2) is 25.2 Å². The normalized spacial score (nSPS) is 22.9. The van der Waals surface area contributed by atoms with Gasteiger partial charge in [-0.25, -0.2) is 0 Å². The number of piperazine rings is 1. The molecule has 2 heteroatoms. The highest BCUT2D eigenvalue weighted by Gasteiger charge is 2.28. The zero-order valence-electron chi connectivity index (χ0n) is 11.9. The first-order valence-corrected chi connectivity index (χ1v) is 7.41. The molecule has 2 nitrogen and oxygen atoms in total. The van der Waals surface area contributed by atoms with Crippen molar-refractivity contribution in [3.05, 3.63) is 71.8 Å². The Labute approximate surface area is 121 Å². The Kier molecular flexibility index (Phi) is 4.14. The summed E-state index contributed by atoms with van der Waals surface area (Å²) >= 11 is 0. The molecule has 2 aromatic rings. The van der Waals surface area contributed by atoms with Gasteiger partial charge in [-0.2, -0.15) is 0 Å². The van der Waals surface area contributed by atoms with Crippen molar-refractivity contribution >= 4 is 0 Å². The number of rotatable bonds is 3. The number of hydrogen-bond donors (Lipinski definition) is 2. The van der Waals surface area contributed by atoms with Crippen LogP contribution in [0.2, 0.25) is 0 Å². The molecule has 1 aliphatic rings. The fourth-order valence-corrected chi connectivity index (χ4v) is 3.13. The minimum absolute atomic E-state index is 0.396. The molecule has 0 saturated carbocycles. The molecule has 0 radical (unpaired) electrons. The first-order valence-electron chi connectivity index (χ1n) is 7.41. The van der Waals surface area contributed by atoms with E-state index in [2.05, 4.69) is 78.2 Å². The van der Waals surface area contributed by atoms with Crippen LogP contribution >= 0.6 is 0 Å². The van der Waals surface area contributed by atoms with E-state index in [0.29, 0.717) is 18.0 Å². The molecule has 3 rings (SSSR count). The SMILES string of the molecule is CC1CNCC(C(c2ccccc2)c2ccccc2)N1. The summed E-state index contributed by atoms with van der Waals surface area (Å²) in [6.07, 6.45) is 0. The lowest BCUT2D eigenvalue weighted by molar-refractivity contribution is 0.331. The Morgan fingerprint density at radius 3 is 1.90 bits per heavy atom. The van der Waals surface area contributed by atoms with Gasteiger partial charge in [0, 0.05) is 31.1 Å². The average Bonchev–Trinajstić information content (AvgIpc) is 2.50. The molecule has 0 spiro atoms. The first kappa shape index (κ1) is 13.3. The van der Waals surface area contributed by atoms with E-state index in [0.717, 1.165) is 13.1 Å². The topological polar surface area (TPSA) is 24.1 Å². The van der Waals surface area contributed by atoms with Crippen molar-refractivity contribution in [2.24, 2.45) is 0 Å². The predicted octanol–water partition coefficient (Wildman–Crippen LogP) is 2.77. The van der Waals surface area contributed by atoms with Crippen LogP contribution in [0.5, 0.6) is 0 Å². The lowest BCUT2D eigenvalue weighted by atomic mass is 9.84. The quantitative estimate of drug-likeness (QED) is 0.892. The van der Waals surface area contributed by atoms with Gasteiger partial charge in [0.15, 0.2) is 0 Å². The standard InChI is InChI=1S/C18H22N2/c1-14-12-19-13-17(20-14)18(15-8-4-2-5-9-15)16-10-6-3-7-11-16/h2-11,14,17-20H,12-13H2,1H3. The highest BCUT2D eigenvalue weighted by atomic mass is 15.1. The summed E-state index contributed by atoms with van der Waals surface area (Å²) < 4.78 is 0. The van der Waals surface area contributed by atoms with Gasteiger partial charge in [-0.15, -0.1) is 0 Å². The minimum Gasteiger partial charge on any atom is -0.314 e. The summed E-state index contributed by atoms with van der Waals surface area (Å²) in [4.78, 5) is 0. The van der Waals surface area contributed by atoms with Crippen LogP contribution in [-0.2, 0) is 0 Å². The fraction of sp³-hybridized carbons (Fsp3) is 0.333. The second-order valence-corrected chi connectivity index (χ2v) is 5.63. The molecule has 2 N–H and O–H groups in total. The number of benzene rings is 2. The van der Waals surface area contributed by atoms with Gasteiger partial charge in [0.1, 0.15) is 0 Å². The molecular weight excluding hydrogens is 244 g/mol. The van der Waals surface area contributed by atoms with E-state index in [4.69, 9.17) is 0 Å². The van der Waals surface area contributed by atoms with Crippen LogP contribution < -0.4 is 10.6 Å². The minimum atomic E-state index is 0.396. The Bertz CT molecular complexity index is 484. The zero-order valence-corrected chi connectivity index (χ0v) is 11.9. The Morgan fingerprint density at radius 1 is 0.850 bits per heavy atom. The van der Waals surface area contributed by atoms with Gasteiger partial charge < -0.3 is 10.6 Å². The Balaban J connectivity index is 1.95. The maximum absolute atomic E-state index is 3.75. The third-order valence-corrected chi connectivity index (χ3v) is 4.03. The molecule has 104 valence electrons. The maximum atomic E-state index is 3.75. The second-order valence-electron chi connectivity index (χ2n) is 5.63. The monoisotopic (exact) mass is 266 g/mol. The van der Waals surface area contributed by atoms with Crippen molar-refractivity contribution in [1.29, 1.82) is 0 Å². The van der Waals surface area contributed by atoms with Crippen molar-refractivity contribution in [2.75, 3.05) is 13.1 Å². The van der Waals surface area contributed by atoms with Gasteiger partial charge in [-0.1, -0.05) is 60.7 Å². The summed E-state index contributed by atoms with van der Waals surface area (Å²) in [5, 5.41) is 7.29. The number of hydrogen-bond acceptors (Lipinski definition) is 2. The van der Waals surface area contributed by atoms with E-state index < -0.39 is 0 Å². The van der Waals surface area contributed by atoms with Crippen molar-refractivity contribution in [3.63, 3.8) is 0 Å². The molecular formula is C18H22N2. The maximum Gasteiger partial charge on any atom is 0.0304 e. The fourth-order valence-electron chi connectivity index (χ4n) is 3.13. The average molecular weight is 266 g/mol. The molecule has 0 bridgehead atoms. The Morgan fingerprint density at radius 2 is 1.40 bits per heavy atom. The van der Waals surface area contributed by atoms with Crippen LogP contribution in [0, 0.1) is 0 Å². The van der Waals surface area contributed by atoms with Crippen LogP contribution in [0.15, 0.2) is 60.7 Å². The van der Waals surface area contributed by atoms with Gasteiger partial charge in [0.05, 0.1) is 0 Å². The van der Waals surface area contributed by atoms with E-state index in [9.17, 15) is 0 Å². The highest BCUT2D eigenvalue weighted by molar-refractivity contribution is 5.34. The molecule has 1 saturated heterocycles.